The molecule has 0 aliphatic carbocycles. The number of para-hydroxylation sites is 2. The van der Waals surface area contributed by atoms with E-state index in [1.54, 1.807) is 13.0 Å². The second-order valence-corrected chi connectivity index (χ2v) is 8.19. The quantitative estimate of drug-likeness (QED) is 0.423. The summed E-state index contributed by atoms with van der Waals surface area (Å²) in [4.78, 5) is 15.8. The van der Waals surface area contributed by atoms with Crippen LogP contribution in [0.3, 0.4) is 0 Å². The standard InChI is InChI=1S/C18H20N2O6S2/c1-3-19-13-7-4-5-8-14(13)25-15(19)11-12(2)16-17(21)20(18(27)26-16)9-6-10-28(22,23)24/h4-5,7-8,11H,3,6,9-10H2,1-2H3,(H,22,23,24)/b15-11+,16-12+. The number of hydrogen-bond acceptors (Lipinski definition) is 7. The molecule has 1 saturated heterocycles. The summed E-state index contributed by atoms with van der Waals surface area (Å²) in [5.74, 6) is 0.461. The second kappa shape index (κ2) is 7.90. The van der Waals surface area contributed by atoms with Crippen molar-refractivity contribution in [2.24, 2.45) is 0 Å². The highest BCUT2D eigenvalue weighted by Gasteiger charge is 2.35. The molecule has 28 heavy (non-hydrogen) atoms. The van der Waals surface area contributed by atoms with Gasteiger partial charge >= 0.3 is 0 Å². The van der Waals surface area contributed by atoms with E-state index in [0.717, 1.165) is 11.4 Å². The highest BCUT2D eigenvalue weighted by molar-refractivity contribution is 7.85. The van der Waals surface area contributed by atoms with Gasteiger partial charge in [-0.3, -0.25) is 14.2 Å². The molecule has 2 aliphatic heterocycles. The van der Waals surface area contributed by atoms with Crippen molar-refractivity contribution in [1.29, 1.82) is 0 Å². The number of benzene rings is 1. The summed E-state index contributed by atoms with van der Waals surface area (Å²) in [6.07, 6.45) is 1.75. The van der Waals surface area contributed by atoms with Gasteiger partial charge in [-0.1, -0.05) is 12.1 Å². The van der Waals surface area contributed by atoms with Gasteiger partial charge in [-0.15, -0.1) is 0 Å². The van der Waals surface area contributed by atoms with Crippen LogP contribution in [0.25, 0.3) is 0 Å². The fourth-order valence-electron chi connectivity index (χ4n) is 2.98. The fraction of sp³-hybridized carbons (Fsp3) is 0.333. The Morgan fingerprint density at radius 1 is 1.25 bits per heavy atom. The molecular formula is C18H20N2O6S2. The summed E-state index contributed by atoms with van der Waals surface area (Å²) in [5.41, 5.74) is 1.47. The van der Waals surface area contributed by atoms with Gasteiger partial charge in [0.1, 0.15) is 0 Å². The third kappa shape index (κ3) is 4.18. The zero-order valence-corrected chi connectivity index (χ0v) is 17.0. The van der Waals surface area contributed by atoms with Crippen molar-refractivity contribution in [3.63, 3.8) is 0 Å². The maximum atomic E-state index is 12.6. The topological polar surface area (TPSA) is 96.4 Å². The van der Waals surface area contributed by atoms with Crippen LogP contribution in [0.5, 0.6) is 5.75 Å². The van der Waals surface area contributed by atoms with E-state index in [1.807, 2.05) is 36.1 Å². The SMILES string of the molecule is CCN1/C(=C\C(C)=C2\OC(=S)N(CCCS(=O)(=O)O)C2=O)Oc2ccccc21. The van der Waals surface area contributed by atoms with E-state index >= 15 is 0 Å². The number of nitrogens with zero attached hydrogens (tertiary/aromatic N) is 2. The lowest BCUT2D eigenvalue weighted by Gasteiger charge is -2.15. The highest BCUT2D eigenvalue weighted by atomic mass is 32.2. The Morgan fingerprint density at radius 3 is 2.64 bits per heavy atom. The first-order valence-corrected chi connectivity index (χ1v) is 10.7. The molecule has 0 radical (unpaired) electrons. The van der Waals surface area contributed by atoms with Crippen molar-refractivity contribution in [1.82, 2.24) is 4.90 Å². The Labute approximate surface area is 168 Å². The summed E-state index contributed by atoms with van der Waals surface area (Å²) in [6.45, 7) is 4.42. The molecule has 10 heteroatoms. The number of thiocarbonyl (C=S) groups is 1. The summed E-state index contributed by atoms with van der Waals surface area (Å²) in [7, 11) is -4.10. The zero-order valence-electron chi connectivity index (χ0n) is 15.4. The van der Waals surface area contributed by atoms with Gasteiger partial charge in [-0.2, -0.15) is 8.42 Å². The number of fused-ring (bicyclic) bond motifs is 1. The predicted molar refractivity (Wildman–Crippen MR) is 107 cm³/mol. The molecular weight excluding hydrogens is 404 g/mol. The van der Waals surface area contributed by atoms with Crippen LogP contribution in [0.1, 0.15) is 20.3 Å². The molecule has 1 fully saturated rings. The van der Waals surface area contributed by atoms with Gasteiger partial charge in [-0.25, -0.2) is 0 Å². The van der Waals surface area contributed by atoms with Crippen LogP contribution in [0.4, 0.5) is 5.69 Å². The summed E-state index contributed by atoms with van der Waals surface area (Å²) in [6, 6.07) is 7.62. The molecule has 0 spiro atoms. The average molecular weight is 425 g/mol. The van der Waals surface area contributed by atoms with Crippen molar-refractivity contribution in [3.05, 3.63) is 47.6 Å². The Hall–Kier alpha value is -2.43. The third-order valence-electron chi connectivity index (χ3n) is 4.28. The molecule has 1 amide bonds. The van der Waals surface area contributed by atoms with Crippen molar-refractivity contribution in [2.45, 2.75) is 20.3 Å². The smallest absolute Gasteiger partial charge is 0.297 e. The fourth-order valence-corrected chi connectivity index (χ4v) is 3.73. The molecule has 1 N–H and O–H groups in total. The minimum Gasteiger partial charge on any atom is -0.439 e. The van der Waals surface area contributed by atoms with E-state index in [4.69, 9.17) is 26.2 Å². The van der Waals surface area contributed by atoms with Crippen LogP contribution in [0, 0.1) is 0 Å². The summed E-state index contributed by atoms with van der Waals surface area (Å²) in [5, 5.41) is -0.0453. The molecule has 0 unspecified atom stereocenters. The van der Waals surface area contributed by atoms with Gasteiger partial charge in [0.25, 0.3) is 21.2 Å². The Morgan fingerprint density at radius 2 is 1.96 bits per heavy atom. The van der Waals surface area contributed by atoms with E-state index in [9.17, 15) is 13.2 Å². The first-order chi connectivity index (χ1) is 13.2. The minimum absolute atomic E-state index is 0.0355. The Balaban J connectivity index is 1.79. The van der Waals surface area contributed by atoms with Crippen molar-refractivity contribution < 1.29 is 27.2 Å². The molecule has 0 saturated carbocycles. The molecule has 2 heterocycles. The number of anilines is 1. The maximum Gasteiger partial charge on any atom is 0.297 e. The van der Waals surface area contributed by atoms with Crippen molar-refractivity contribution >= 4 is 39.1 Å². The van der Waals surface area contributed by atoms with Gasteiger partial charge in [-0.05, 0) is 44.6 Å². The predicted octanol–water partition coefficient (Wildman–Crippen LogP) is 2.44. The molecule has 0 bridgehead atoms. The first-order valence-electron chi connectivity index (χ1n) is 8.67. The van der Waals surface area contributed by atoms with Crippen LogP contribution >= 0.6 is 12.2 Å². The van der Waals surface area contributed by atoms with E-state index in [1.165, 1.54) is 4.90 Å². The van der Waals surface area contributed by atoms with Crippen molar-refractivity contribution in [2.75, 3.05) is 23.7 Å². The van der Waals surface area contributed by atoms with Gasteiger partial charge in [0.15, 0.2) is 11.5 Å². The average Bonchev–Trinajstić information content (AvgIpc) is 3.11. The first kappa shape index (κ1) is 20.3. The monoisotopic (exact) mass is 424 g/mol. The van der Waals surface area contributed by atoms with Gasteiger partial charge < -0.3 is 14.4 Å². The van der Waals surface area contributed by atoms with Gasteiger partial charge in [0, 0.05) is 24.7 Å². The Bertz CT molecular complexity index is 984. The van der Waals surface area contributed by atoms with Crippen LogP contribution in [0.2, 0.25) is 0 Å². The van der Waals surface area contributed by atoms with Gasteiger partial charge in [0.05, 0.1) is 11.4 Å². The normalized spacial score (nSPS) is 19.8. The molecule has 2 aliphatic rings. The molecule has 1 aromatic carbocycles. The maximum absolute atomic E-state index is 12.6. The van der Waals surface area contributed by atoms with Crippen LogP contribution in [-0.4, -0.2) is 47.8 Å². The second-order valence-electron chi connectivity index (χ2n) is 6.27. The third-order valence-corrected chi connectivity index (χ3v) is 5.39. The highest BCUT2D eigenvalue weighted by Crippen LogP contribution is 2.39. The van der Waals surface area contributed by atoms with E-state index in [-0.39, 0.29) is 23.9 Å². The van der Waals surface area contributed by atoms with Gasteiger partial charge in [0.2, 0.25) is 5.88 Å². The lowest BCUT2D eigenvalue weighted by atomic mass is 10.2. The number of carbonyl (C=O) groups is 1. The van der Waals surface area contributed by atoms with E-state index in [2.05, 4.69) is 0 Å². The molecule has 1 aromatic rings. The number of hydrogen-bond donors (Lipinski definition) is 1. The van der Waals surface area contributed by atoms with E-state index < -0.39 is 21.8 Å². The van der Waals surface area contributed by atoms with Crippen molar-refractivity contribution in [3.8, 4) is 5.75 Å². The lowest BCUT2D eigenvalue weighted by Crippen LogP contribution is -2.30. The molecule has 0 aromatic heterocycles. The number of rotatable bonds is 6. The zero-order chi connectivity index (χ0) is 20.5. The summed E-state index contributed by atoms with van der Waals surface area (Å²) < 4.78 is 41.8. The number of carbonyl (C=O) groups excluding carboxylic acids is 1. The summed E-state index contributed by atoms with van der Waals surface area (Å²) >= 11 is 5.08. The molecule has 150 valence electrons. The van der Waals surface area contributed by atoms with Crippen LogP contribution in [-0.2, 0) is 19.6 Å². The largest absolute Gasteiger partial charge is 0.439 e. The Kier molecular flexibility index (Phi) is 5.73. The lowest BCUT2D eigenvalue weighted by molar-refractivity contribution is -0.123. The minimum atomic E-state index is -4.10. The number of amides is 1. The van der Waals surface area contributed by atoms with E-state index in [0.29, 0.717) is 18.0 Å². The van der Waals surface area contributed by atoms with Crippen LogP contribution < -0.4 is 9.64 Å². The molecule has 8 nitrogen and oxygen atoms in total. The molecule has 3 rings (SSSR count). The number of allylic oxidation sites excluding steroid dienone is 2. The van der Waals surface area contributed by atoms with Crippen LogP contribution in [0.15, 0.2) is 47.6 Å². The molecule has 0 atom stereocenters. The number of ether oxygens (including phenoxy) is 2.